The second-order valence-corrected chi connectivity index (χ2v) is 7.12. The molecule has 0 heterocycles. The standard InChI is InChI=1S/C14H20F2N2O2S/c15-11-6-7-14(12(16)8-11)21(19,20)18-13(9-17)10-4-2-1-3-5-10/h6-8,10,13,18H,1-5,9,17H2. The molecule has 118 valence electrons. The van der Waals surface area contributed by atoms with E-state index in [1.807, 2.05) is 0 Å². The molecule has 1 fully saturated rings. The molecule has 0 spiro atoms. The van der Waals surface area contributed by atoms with Gasteiger partial charge in [0.2, 0.25) is 10.0 Å². The molecule has 0 radical (unpaired) electrons. The van der Waals surface area contributed by atoms with E-state index < -0.39 is 32.6 Å². The fourth-order valence-electron chi connectivity index (χ4n) is 2.83. The number of benzene rings is 1. The van der Waals surface area contributed by atoms with Gasteiger partial charge in [0.15, 0.2) is 0 Å². The van der Waals surface area contributed by atoms with Crippen LogP contribution in [0.25, 0.3) is 0 Å². The Labute approximate surface area is 123 Å². The Bertz CT molecular complexity index is 587. The number of sulfonamides is 1. The van der Waals surface area contributed by atoms with Crippen LogP contribution in [-0.2, 0) is 10.0 Å². The normalized spacial score (nSPS) is 18.6. The van der Waals surface area contributed by atoms with Crippen molar-refractivity contribution in [3.8, 4) is 0 Å². The number of nitrogens with two attached hydrogens (primary N) is 1. The van der Waals surface area contributed by atoms with Gasteiger partial charge in [0.05, 0.1) is 0 Å². The van der Waals surface area contributed by atoms with Crippen LogP contribution in [0.1, 0.15) is 32.1 Å². The molecule has 7 heteroatoms. The van der Waals surface area contributed by atoms with Crippen LogP contribution in [0.4, 0.5) is 8.78 Å². The molecule has 0 aliphatic heterocycles. The molecule has 1 aliphatic carbocycles. The molecule has 2 rings (SSSR count). The minimum atomic E-state index is -4.04. The van der Waals surface area contributed by atoms with Crippen molar-refractivity contribution >= 4 is 10.0 Å². The first-order chi connectivity index (χ1) is 9.94. The fraction of sp³-hybridized carbons (Fsp3) is 0.571. The first kappa shape index (κ1) is 16.3. The van der Waals surface area contributed by atoms with Crippen LogP contribution in [0, 0.1) is 17.6 Å². The maximum atomic E-state index is 13.7. The summed E-state index contributed by atoms with van der Waals surface area (Å²) in [4.78, 5) is -0.543. The molecule has 0 bridgehead atoms. The van der Waals surface area contributed by atoms with Crippen LogP contribution in [0.15, 0.2) is 23.1 Å². The summed E-state index contributed by atoms with van der Waals surface area (Å²) in [5, 5.41) is 0. The van der Waals surface area contributed by atoms with Gasteiger partial charge in [-0.2, -0.15) is 0 Å². The molecule has 1 aromatic rings. The summed E-state index contributed by atoms with van der Waals surface area (Å²) < 4.78 is 53.5. The van der Waals surface area contributed by atoms with Gasteiger partial charge in [-0.25, -0.2) is 21.9 Å². The Balaban J connectivity index is 2.18. The number of halogens is 2. The Hall–Kier alpha value is -1.05. The molecule has 0 amide bonds. The zero-order chi connectivity index (χ0) is 15.5. The molecular weight excluding hydrogens is 298 g/mol. The highest BCUT2D eigenvalue weighted by Gasteiger charge is 2.28. The maximum absolute atomic E-state index is 13.7. The number of nitrogens with one attached hydrogen (secondary N) is 1. The van der Waals surface area contributed by atoms with Crippen molar-refractivity contribution < 1.29 is 17.2 Å². The highest BCUT2D eigenvalue weighted by molar-refractivity contribution is 7.89. The Morgan fingerprint density at radius 1 is 1.24 bits per heavy atom. The highest BCUT2D eigenvalue weighted by atomic mass is 32.2. The lowest BCUT2D eigenvalue weighted by Crippen LogP contribution is -2.46. The SMILES string of the molecule is NCC(NS(=O)(=O)c1ccc(F)cc1F)C1CCCCC1. The molecule has 3 N–H and O–H groups in total. The largest absolute Gasteiger partial charge is 0.329 e. The minimum absolute atomic E-state index is 0.159. The first-order valence-electron chi connectivity index (χ1n) is 7.11. The predicted octanol–water partition coefficient (Wildman–Crippen LogP) is 2.15. The number of rotatable bonds is 5. The topological polar surface area (TPSA) is 72.2 Å². The van der Waals surface area contributed by atoms with Gasteiger partial charge in [-0.1, -0.05) is 19.3 Å². The van der Waals surface area contributed by atoms with Gasteiger partial charge in [0.25, 0.3) is 0 Å². The van der Waals surface area contributed by atoms with Crippen LogP contribution >= 0.6 is 0 Å². The van der Waals surface area contributed by atoms with E-state index in [-0.39, 0.29) is 12.5 Å². The molecular formula is C14H20F2N2O2S. The van der Waals surface area contributed by atoms with E-state index in [0.29, 0.717) is 6.07 Å². The maximum Gasteiger partial charge on any atom is 0.243 e. The fourth-order valence-corrected chi connectivity index (χ4v) is 4.21. The molecule has 0 saturated heterocycles. The third-order valence-electron chi connectivity index (χ3n) is 3.96. The van der Waals surface area contributed by atoms with Gasteiger partial charge in [-0.15, -0.1) is 0 Å². The average Bonchev–Trinajstić information content (AvgIpc) is 2.45. The summed E-state index contributed by atoms with van der Waals surface area (Å²) in [6.07, 6.45) is 5.07. The van der Waals surface area contributed by atoms with Gasteiger partial charge in [-0.3, -0.25) is 0 Å². The van der Waals surface area contributed by atoms with Gasteiger partial charge < -0.3 is 5.73 Å². The van der Waals surface area contributed by atoms with Crippen LogP contribution < -0.4 is 10.5 Å². The molecule has 0 aromatic heterocycles. The van der Waals surface area contributed by atoms with E-state index in [1.165, 1.54) is 0 Å². The van der Waals surface area contributed by atoms with E-state index >= 15 is 0 Å². The second-order valence-electron chi connectivity index (χ2n) is 5.44. The zero-order valence-electron chi connectivity index (χ0n) is 11.7. The molecule has 1 aromatic carbocycles. The van der Waals surface area contributed by atoms with Crippen molar-refractivity contribution in [2.75, 3.05) is 6.54 Å². The average molecular weight is 318 g/mol. The predicted molar refractivity (Wildman–Crippen MR) is 76.1 cm³/mol. The first-order valence-corrected chi connectivity index (χ1v) is 8.60. The summed E-state index contributed by atoms with van der Waals surface area (Å²) >= 11 is 0. The van der Waals surface area contributed by atoms with E-state index in [9.17, 15) is 17.2 Å². The molecule has 4 nitrogen and oxygen atoms in total. The summed E-state index contributed by atoms with van der Waals surface area (Å²) in [6, 6.07) is 2.00. The molecule has 21 heavy (non-hydrogen) atoms. The lowest BCUT2D eigenvalue weighted by Gasteiger charge is -2.29. The van der Waals surface area contributed by atoms with Crippen LogP contribution in [-0.4, -0.2) is 21.0 Å². The van der Waals surface area contributed by atoms with Crippen LogP contribution in [0.2, 0.25) is 0 Å². The Kier molecular flexibility index (Phi) is 5.29. The third-order valence-corrected chi connectivity index (χ3v) is 5.49. The van der Waals surface area contributed by atoms with Crippen molar-refractivity contribution in [2.24, 2.45) is 11.7 Å². The van der Waals surface area contributed by atoms with Crippen LogP contribution in [0.3, 0.4) is 0 Å². The van der Waals surface area contributed by atoms with Crippen molar-refractivity contribution in [3.05, 3.63) is 29.8 Å². The van der Waals surface area contributed by atoms with Crippen molar-refractivity contribution in [1.29, 1.82) is 0 Å². The molecule has 1 unspecified atom stereocenters. The summed E-state index contributed by atoms with van der Waals surface area (Å²) in [5.41, 5.74) is 5.67. The second kappa shape index (κ2) is 6.81. The van der Waals surface area contributed by atoms with E-state index in [4.69, 9.17) is 5.73 Å². The summed E-state index contributed by atoms with van der Waals surface area (Å²) in [5.74, 6) is -1.74. The third kappa shape index (κ3) is 3.99. The number of hydrogen-bond acceptors (Lipinski definition) is 3. The van der Waals surface area contributed by atoms with E-state index in [2.05, 4.69) is 4.72 Å². The molecule has 1 aliphatic rings. The van der Waals surface area contributed by atoms with Gasteiger partial charge in [0, 0.05) is 18.7 Å². The van der Waals surface area contributed by atoms with Gasteiger partial charge >= 0.3 is 0 Å². The lowest BCUT2D eigenvalue weighted by molar-refractivity contribution is 0.294. The Morgan fingerprint density at radius 2 is 1.90 bits per heavy atom. The quantitative estimate of drug-likeness (QED) is 0.874. The van der Waals surface area contributed by atoms with E-state index in [1.54, 1.807) is 0 Å². The Morgan fingerprint density at radius 3 is 2.48 bits per heavy atom. The molecule has 1 saturated carbocycles. The van der Waals surface area contributed by atoms with Crippen molar-refractivity contribution in [3.63, 3.8) is 0 Å². The lowest BCUT2D eigenvalue weighted by atomic mass is 9.84. The van der Waals surface area contributed by atoms with Crippen molar-refractivity contribution in [2.45, 2.75) is 43.0 Å². The van der Waals surface area contributed by atoms with E-state index in [0.717, 1.165) is 44.2 Å². The van der Waals surface area contributed by atoms with Gasteiger partial charge in [0.1, 0.15) is 16.5 Å². The monoisotopic (exact) mass is 318 g/mol. The zero-order valence-corrected chi connectivity index (χ0v) is 12.5. The highest BCUT2D eigenvalue weighted by Crippen LogP contribution is 2.27. The number of hydrogen-bond donors (Lipinski definition) is 2. The van der Waals surface area contributed by atoms with Crippen molar-refractivity contribution in [1.82, 2.24) is 4.72 Å². The summed E-state index contributed by atoms with van der Waals surface area (Å²) in [7, 11) is -4.04. The molecule has 1 atom stereocenters. The van der Waals surface area contributed by atoms with Gasteiger partial charge in [-0.05, 0) is 30.9 Å². The minimum Gasteiger partial charge on any atom is -0.329 e. The van der Waals surface area contributed by atoms with Crippen LogP contribution in [0.5, 0.6) is 0 Å². The smallest absolute Gasteiger partial charge is 0.243 e. The summed E-state index contributed by atoms with van der Waals surface area (Å²) in [6.45, 7) is 0.159.